The van der Waals surface area contributed by atoms with Crippen molar-refractivity contribution < 1.29 is 4.39 Å². The van der Waals surface area contributed by atoms with Gasteiger partial charge in [-0.1, -0.05) is 30.3 Å². The third-order valence-electron chi connectivity index (χ3n) is 2.20. The van der Waals surface area contributed by atoms with Crippen LogP contribution in [-0.2, 0) is 6.54 Å². The van der Waals surface area contributed by atoms with Gasteiger partial charge in [-0.25, -0.2) is 4.39 Å². The number of hydrogen-bond donors (Lipinski definition) is 0. The predicted molar refractivity (Wildman–Crippen MR) is 58.0 cm³/mol. The molecule has 0 N–H and O–H groups in total. The fourth-order valence-corrected chi connectivity index (χ4v) is 1.37. The number of benzene rings is 1. The molecule has 0 heterocycles. The molecule has 0 saturated carbocycles. The second-order valence-electron chi connectivity index (χ2n) is 3.79. The summed E-state index contributed by atoms with van der Waals surface area (Å²) in [4.78, 5) is 2.14. The summed E-state index contributed by atoms with van der Waals surface area (Å²) in [5.74, 6) is 0. The normalized spacial score (nSPS) is 13.1. The lowest BCUT2D eigenvalue weighted by atomic mass is 10.2. The Balaban J connectivity index is 2.30. The predicted octanol–water partition coefficient (Wildman–Crippen LogP) is 2.87. The van der Waals surface area contributed by atoms with Crippen LogP contribution in [0.25, 0.3) is 0 Å². The van der Waals surface area contributed by atoms with Crippen molar-refractivity contribution in [1.29, 1.82) is 0 Å². The van der Waals surface area contributed by atoms with Crippen LogP contribution in [0.1, 0.15) is 18.9 Å². The molecule has 0 aliphatic carbocycles. The Morgan fingerprint density at radius 1 is 1.29 bits per heavy atom. The number of alkyl halides is 1. The Morgan fingerprint density at radius 3 is 2.50 bits per heavy atom. The smallest absolute Gasteiger partial charge is 0.0985 e. The molecule has 1 aromatic rings. The van der Waals surface area contributed by atoms with E-state index < -0.39 is 6.17 Å². The van der Waals surface area contributed by atoms with Crippen molar-refractivity contribution in [1.82, 2.24) is 4.90 Å². The fraction of sp³-hybridized carbons (Fsp3) is 0.500. The van der Waals surface area contributed by atoms with Crippen molar-refractivity contribution in [2.75, 3.05) is 13.6 Å². The standard InChI is InChI=1S/C12H18FN/c1-11(13)8-9-14(2)10-12-6-4-3-5-7-12/h3-7,11H,8-10H2,1-2H3/t11-/m0/s1. The molecule has 0 aliphatic rings. The number of hydrogen-bond acceptors (Lipinski definition) is 1. The minimum absolute atomic E-state index is 0.614. The number of rotatable bonds is 5. The molecule has 78 valence electrons. The zero-order chi connectivity index (χ0) is 10.4. The first kappa shape index (κ1) is 11.2. The lowest BCUT2D eigenvalue weighted by Gasteiger charge is -2.16. The topological polar surface area (TPSA) is 3.24 Å². The van der Waals surface area contributed by atoms with Crippen molar-refractivity contribution in [2.24, 2.45) is 0 Å². The lowest BCUT2D eigenvalue weighted by molar-refractivity contribution is 0.260. The SMILES string of the molecule is C[C@H](F)CCN(C)Cc1ccccc1. The summed E-state index contributed by atoms with van der Waals surface area (Å²) in [7, 11) is 2.02. The fourth-order valence-electron chi connectivity index (χ4n) is 1.37. The first-order chi connectivity index (χ1) is 6.68. The zero-order valence-electron chi connectivity index (χ0n) is 8.91. The molecule has 1 rings (SSSR count). The highest BCUT2D eigenvalue weighted by Gasteiger charge is 2.02. The number of nitrogens with zero attached hydrogens (tertiary/aromatic N) is 1. The minimum Gasteiger partial charge on any atom is -0.302 e. The molecule has 0 bridgehead atoms. The van der Waals surface area contributed by atoms with Gasteiger partial charge in [0.05, 0.1) is 6.17 Å². The first-order valence-corrected chi connectivity index (χ1v) is 5.05. The van der Waals surface area contributed by atoms with Crippen LogP contribution in [0.15, 0.2) is 30.3 Å². The van der Waals surface area contributed by atoms with Gasteiger partial charge in [0.2, 0.25) is 0 Å². The lowest BCUT2D eigenvalue weighted by Crippen LogP contribution is -2.20. The van der Waals surface area contributed by atoms with E-state index in [4.69, 9.17) is 0 Å². The summed E-state index contributed by atoms with van der Waals surface area (Å²) in [6.07, 6.45) is -0.0863. The molecule has 0 spiro atoms. The summed E-state index contributed by atoms with van der Waals surface area (Å²) < 4.78 is 12.6. The van der Waals surface area contributed by atoms with E-state index in [1.54, 1.807) is 6.92 Å². The van der Waals surface area contributed by atoms with E-state index in [-0.39, 0.29) is 0 Å². The van der Waals surface area contributed by atoms with E-state index >= 15 is 0 Å². The molecule has 0 saturated heterocycles. The number of halogens is 1. The molecule has 0 amide bonds. The van der Waals surface area contributed by atoms with E-state index in [9.17, 15) is 4.39 Å². The highest BCUT2D eigenvalue weighted by molar-refractivity contribution is 5.14. The summed E-state index contributed by atoms with van der Waals surface area (Å²) in [5.41, 5.74) is 1.28. The van der Waals surface area contributed by atoms with Gasteiger partial charge in [-0.05, 0) is 26.0 Å². The van der Waals surface area contributed by atoms with Gasteiger partial charge >= 0.3 is 0 Å². The van der Waals surface area contributed by atoms with Gasteiger partial charge < -0.3 is 4.90 Å². The van der Waals surface area contributed by atoms with Crippen LogP contribution < -0.4 is 0 Å². The van der Waals surface area contributed by atoms with E-state index in [0.29, 0.717) is 6.42 Å². The van der Waals surface area contributed by atoms with Crippen molar-refractivity contribution in [3.8, 4) is 0 Å². The molecule has 2 heteroatoms. The molecule has 0 radical (unpaired) electrons. The van der Waals surface area contributed by atoms with Gasteiger partial charge in [0, 0.05) is 13.1 Å². The first-order valence-electron chi connectivity index (χ1n) is 5.05. The van der Waals surface area contributed by atoms with Crippen molar-refractivity contribution in [3.63, 3.8) is 0 Å². The maximum absolute atomic E-state index is 12.6. The summed E-state index contributed by atoms with van der Waals surface area (Å²) in [6.45, 7) is 3.32. The minimum atomic E-state index is -0.701. The second-order valence-corrected chi connectivity index (χ2v) is 3.79. The Labute approximate surface area is 85.5 Å². The average Bonchev–Trinajstić information content (AvgIpc) is 2.16. The van der Waals surface area contributed by atoms with Crippen LogP contribution in [0.5, 0.6) is 0 Å². The highest BCUT2D eigenvalue weighted by Crippen LogP contribution is 2.04. The van der Waals surface area contributed by atoms with Crippen LogP contribution in [0.4, 0.5) is 4.39 Å². The summed E-state index contributed by atoms with van der Waals surface area (Å²) in [6, 6.07) is 10.2. The van der Waals surface area contributed by atoms with Gasteiger partial charge in [0.15, 0.2) is 0 Å². The molecule has 1 nitrogen and oxygen atoms in total. The molecule has 0 aromatic heterocycles. The maximum Gasteiger partial charge on any atom is 0.0985 e. The molecular formula is C12H18FN. The largest absolute Gasteiger partial charge is 0.302 e. The van der Waals surface area contributed by atoms with Crippen molar-refractivity contribution in [2.45, 2.75) is 26.1 Å². The monoisotopic (exact) mass is 195 g/mol. The Morgan fingerprint density at radius 2 is 1.93 bits per heavy atom. The van der Waals surface area contributed by atoms with Crippen LogP contribution in [-0.4, -0.2) is 24.7 Å². The van der Waals surface area contributed by atoms with E-state index in [1.807, 2.05) is 25.2 Å². The maximum atomic E-state index is 12.6. The van der Waals surface area contributed by atoms with Gasteiger partial charge in [-0.2, -0.15) is 0 Å². The van der Waals surface area contributed by atoms with Crippen LogP contribution in [0.3, 0.4) is 0 Å². The Kier molecular flexibility index (Phi) is 4.60. The third kappa shape index (κ3) is 4.38. The van der Waals surface area contributed by atoms with E-state index in [0.717, 1.165) is 13.1 Å². The average molecular weight is 195 g/mol. The zero-order valence-corrected chi connectivity index (χ0v) is 8.91. The van der Waals surface area contributed by atoms with Crippen molar-refractivity contribution in [3.05, 3.63) is 35.9 Å². The molecular weight excluding hydrogens is 177 g/mol. The molecule has 0 fully saturated rings. The molecule has 1 aromatic carbocycles. The van der Waals surface area contributed by atoms with Gasteiger partial charge in [0.25, 0.3) is 0 Å². The molecule has 0 aliphatic heterocycles. The quantitative estimate of drug-likeness (QED) is 0.698. The van der Waals surface area contributed by atoms with Gasteiger partial charge in [-0.15, -0.1) is 0 Å². The summed E-state index contributed by atoms with van der Waals surface area (Å²) in [5, 5.41) is 0. The van der Waals surface area contributed by atoms with E-state index in [1.165, 1.54) is 5.56 Å². The van der Waals surface area contributed by atoms with E-state index in [2.05, 4.69) is 17.0 Å². The Hall–Kier alpha value is -0.890. The molecule has 0 unspecified atom stereocenters. The molecule has 1 atom stereocenters. The highest BCUT2D eigenvalue weighted by atomic mass is 19.1. The van der Waals surface area contributed by atoms with Crippen LogP contribution >= 0.6 is 0 Å². The van der Waals surface area contributed by atoms with Gasteiger partial charge in [0.1, 0.15) is 0 Å². The summed E-state index contributed by atoms with van der Waals surface area (Å²) >= 11 is 0. The molecule has 14 heavy (non-hydrogen) atoms. The van der Waals surface area contributed by atoms with Crippen molar-refractivity contribution >= 4 is 0 Å². The third-order valence-corrected chi connectivity index (χ3v) is 2.20. The Bertz CT molecular complexity index is 246. The van der Waals surface area contributed by atoms with Gasteiger partial charge in [-0.3, -0.25) is 0 Å². The van der Waals surface area contributed by atoms with Crippen LogP contribution in [0, 0.1) is 0 Å². The second kappa shape index (κ2) is 5.76. The van der Waals surface area contributed by atoms with Crippen LogP contribution in [0.2, 0.25) is 0 Å².